The third-order valence-electron chi connectivity index (χ3n) is 4.68. The Kier molecular flexibility index (Phi) is 6.76. The number of phenolic OH excluding ortho intramolecular Hbond substituents is 1. The minimum atomic E-state index is -3.61. The summed E-state index contributed by atoms with van der Waals surface area (Å²) in [6.07, 6.45) is 2.92. The summed E-state index contributed by atoms with van der Waals surface area (Å²) in [5.41, 5.74) is 0.950. The number of ketones is 1. The van der Waals surface area contributed by atoms with Gasteiger partial charge < -0.3 is 19.3 Å². The van der Waals surface area contributed by atoms with Gasteiger partial charge in [-0.1, -0.05) is 6.08 Å². The second kappa shape index (κ2) is 9.29. The molecule has 30 heavy (non-hydrogen) atoms. The van der Waals surface area contributed by atoms with Gasteiger partial charge in [-0.15, -0.1) is 0 Å². The topological polar surface area (TPSA) is 102 Å². The van der Waals surface area contributed by atoms with Gasteiger partial charge in [-0.2, -0.15) is 4.31 Å². The van der Waals surface area contributed by atoms with Crippen molar-refractivity contribution in [3.05, 3.63) is 53.6 Å². The van der Waals surface area contributed by atoms with E-state index >= 15 is 0 Å². The lowest BCUT2D eigenvalue weighted by molar-refractivity contribution is 0.0730. The first-order chi connectivity index (χ1) is 14.4. The standard InChI is InChI=1S/C21H23NO7S/c1-27-19-13-15(14-20(28-2)21(19)24)3-8-18(23)16-4-6-17(7-5-16)30(25,26)22-9-11-29-12-10-22/h3-8,13-14,24H,9-12H2,1-2H3. The van der Waals surface area contributed by atoms with Crippen LogP contribution in [0.15, 0.2) is 47.4 Å². The van der Waals surface area contributed by atoms with Crippen LogP contribution < -0.4 is 9.47 Å². The molecule has 3 rings (SSSR count). The molecule has 9 heteroatoms. The van der Waals surface area contributed by atoms with Crippen molar-refractivity contribution in [1.29, 1.82) is 0 Å². The van der Waals surface area contributed by atoms with E-state index in [0.717, 1.165) is 0 Å². The minimum absolute atomic E-state index is 0.124. The first-order valence-electron chi connectivity index (χ1n) is 9.22. The monoisotopic (exact) mass is 433 g/mol. The number of nitrogens with zero attached hydrogens (tertiary/aromatic N) is 1. The number of aromatic hydroxyl groups is 1. The van der Waals surface area contributed by atoms with Crippen LogP contribution in [0.5, 0.6) is 17.2 Å². The van der Waals surface area contributed by atoms with Crippen molar-refractivity contribution in [2.75, 3.05) is 40.5 Å². The van der Waals surface area contributed by atoms with Crippen molar-refractivity contribution in [2.24, 2.45) is 0 Å². The van der Waals surface area contributed by atoms with Gasteiger partial charge in [0.05, 0.1) is 32.3 Å². The van der Waals surface area contributed by atoms with E-state index in [1.165, 1.54) is 48.9 Å². The maximum atomic E-state index is 12.7. The SMILES string of the molecule is COc1cc(C=CC(=O)c2ccc(S(=O)(=O)N3CCOCC3)cc2)cc(OC)c1O. The lowest BCUT2D eigenvalue weighted by atomic mass is 10.1. The molecule has 1 aliphatic heterocycles. The fourth-order valence-electron chi connectivity index (χ4n) is 3.01. The van der Waals surface area contributed by atoms with E-state index in [4.69, 9.17) is 14.2 Å². The van der Waals surface area contributed by atoms with Gasteiger partial charge in [0.25, 0.3) is 0 Å². The van der Waals surface area contributed by atoms with Crippen LogP contribution in [0.3, 0.4) is 0 Å². The van der Waals surface area contributed by atoms with Gasteiger partial charge in [0.2, 0.25) is 15.8 Å². The Morgan fingerprint density at radius 3 is 2.17 bits per heavy atom. The maximum Gasteiger partial charge on any atom is 0.243 e. The van der Waals surface area contributed by atoms with Crippen LogP contribution in [-0.4, -0.2) is 64.1 Å². The van der Waals surface area contributed by atoms with Gasteiger partial charge >= 0.3 is 0 Å². The van der Waals surface area contributed by atoms with E-state index in [1.54, 1.807) is 18.2 Å². The second-order valence-electron chi connectivity index (χ2n) is 6.51. The summed E-state index contributed by atoms with van der Waals surface area (Å²) in [7, 11) is -0.774. The van der Waals surface area contributed by atoms with Crippen molar-refractivity contribution in [3.63, 3.8) is 0 Å². The molecule has 8 nitrogen and oxygen atoms in total. The molecule has 0 bridgehead atoms. The lowest BCUT2D eigenvalue weighted by Gasteiger charge is -2.26. The Morgan fingerprint density at radius 1 is 1.07 bits per heavy atom. The summed E-state index contributed by atoms with van der Waals surface area (Å²) in [5.74, 6) is 0.0233. The molecule has 0 amide bonds. The molecule has 1 saturated heterocycles. The van der Waals surface area contributed by atoms with E-state index < -0.39 is 10.0 Å². The number of morpholine rings is 1. The molecule has 1 heterocycles. The Balaban J connectivity index is 1.76. The lowest BCUT2D eigenvalue weighted by Crippen LogP contribution is -2.40. The number of carbonyl (C=O) groups is 1. The molecular weight excluding hydrogens is 410 g/mol. The number of phenols is 1. The second-order valence-corrected chi connectivity index (χ2v) is 8.45. The summed E-state index contributed by atoms with van der Waals surface area (Å²) >= 11 is 0. The van der Waals surface area contributed by atoms with E-state index in [0.29, 0.717) is 37.4 Å². The van der Waals surface area contributed by atoms with Crippen molar-refractivity contribution in [1.82, 2.24) is 4.31 Å². The van der Waals surface area contributed by atoms with Crippen LogP contribution in [0.1, 0.15) is 15.9 Å². The summed E-state index contributed by atoms with van der Waals surface area (Å²) in [6.45, 7) is 1.36. The van der Waals surface area contributed by atoms with Crippen molar-refractivity contribution >= 4 is 21.9 Å². The first-order valence-corrected chi connectivity index (χ1v) is 10.7. The normalized spacial score (nSPS) is 15.3. The van der Waals surface area contributed by atoms with E-state index in [1.807, 2.05) is 0 Å². The summed E-state index contributed by atoms with van der Waals surface area (Å²) < 4.78 is 42.1. The van der Waals surface area contributed by atoms with Crippen LogP contribution >= 0.6 is 0 Å². The molecule has 1 fully saturated rings. The van der Waals surface area contributed by atoms with Gasteiger partial charge in [0, 0.05) is 18.7 Å². The average Bonchev–Trinajstić information content (AvgIpc) is 2.78. The van der Waals surface area contributed by atoms with Gasteiger partial charge in [-0.25, -0.2) is 8.42 Å². The highest BCUT2D eigenvalue weighted by Crippen LogP contribution is 2.37. The largest absolute Gasteiger partial charge is 0.502 e. The van der Waals surface area contributed by atoms with Gasteiger partial charge in [-0.05, 0) is 48.0 Å². The molecular formula is C21H23NO7S. The van der Waals surface area contributed by atoms with E-state index in [9.17, 15) is 18.3 Å². The van der Waals surface area contributed by atoms with Crippen LogP contribution in [0, 0.1) is 0 Å². The van der Waals surface area contributed by atoms with Crippen molar-refractivity contribution in [2.45, 2.75) is 4.90 Å². The Morgan fingerprint density at radius 2 is 1.63 bits per heavy atom. The Bertz CT molecular complexity index is 1010. The highest BCUT2D eigenvalue weighted by atomic mass is 32.2. The highest BCUT2D eigenvalue weighted by Gasteiger charge is 2.26. The zero-order chi connectivity index (χ0) is 21.7. The van der Waals surface area contributed by atoms with Crippen molar-refractivity contribution < 1.29 is 32.5 Å². The molecule has 0 aliphatic carbocycles. The molecule has 0 aromatic heterocycles. The zero-order valence-electron chi connectivity index (χ0n) is 16.7. The average molecular weight is 433 g/mol. The number of carbonyl (C=O) groups excluding carboxylic acids is 1. The van der Waals surface area contributed by atoms with Crippen LogP contribution in [0.4, 0.5) is 0 Å². The zero-order valence-corrected chi connectivity index (χ0v) is 17.5. The summed E-state index contributed by atoms with van der Waals surface area (Å²) in [5, 5.41) is 9.95. The van der Waals surface area contributed by atoms with Gasteiger partial charge in [0.15, 0.2) is 17.3 Å². The smallest absolute Gasteiger partial charge is 0.243 e. The third-order valence-corrected chi connectivity index (χ3v) is 6.59. The maximum absolute atomic E-state index is 12.7. The van der Waals surface area contributed by atoms with Gasteiger partial charge in [-0.3, -0.25) is 4.79 Å². The molecule has 0 radical (unpaired) electrons. The van der Waals surface area contributed by atoms with E-state index in [-0.39, 0.29) is 27.9 Å². The number of sulfonamides is 1. The van der Waals surface area contributed by atoms with Gasteiger partial charge in [0.1, 0.15) is 0 Å². The molecule has 1 aliphatic rings. The van der Waals surface area contributed by atoms with Crippen LogP contribution in [-0.2, 0) is 14.8 Å². The third kappa shape index (κ3) is 4.64. The molecule has 2 aromatic carbocycles. The fourth-order valence-corrected chi connectivity index (χ4v) is 4.41. The minimum Gasteiger partial charge on any atom is -0.502 e. The molecule has 2 aromatic rings. The van der Waals surface area contributed by atoms with Crippen molar-refractivity contribution in [3.8, 4) is 17.2 Å². The van der Waals surface area contributed by atoms with Crippen LogP contribution in [0.25, 0.3) is 6.08 Å². The molecule has 160 valence electrons. The number of methoxy groups -OCH3 is 2. The highest BCUT2D eigenvalue weighted by molar-refractivity contribution is 7.89. The number of hydrogen-bond donors (Lipinski definition) is 1. The molecule has 1 N–H and O–H groups in total. The number of ether oxygens (including phenoxy) is 3. The molecule has 0 atom stereocenters. The predicted octanol–water partition coefficient (Wildman–Crippen LogP) is 2.33. The number of benzene rings is 2. The quantitative estimate of drug-likeness (QED) is 0.528. The van der Waals surface area contributed by atoms with E-state index in [2.05, 4.69) is 0 Å². The number of hydrogen-bond acceptors (Lipinski definition) is 7. The number of allylic oxidation sites excluding steroid dienone is 1. The number of rotatable bonds is 7. The fraction of sp³-hybridized carbons (Fsp3) is 0.286. The summed E-state index contributed by atoms with van der Waals surface area (Å²) in [4.78, 5) is 12.6. The predicted molar refractivity (Wildman–Crippen MR) is 111 cm³/mol. The first kappa shape index (κ1) is 21.8. The Labute approximate surface area is 175 Å². The van der Waals surface area contributed by atoms with Crippen LogP contribution in [0.2, 0.25) is 0 Å². The Hall–Kier alpha value is -2.88. The molecule has 0 unspecified atom stereocenters. The molecule has 0 spiro atoms. The molecule has 0 saturated carbocycles. The summed E-state index contributed by atoms with van der Waals surface area (Å²) in [6, 6.07) is 8.96.